The minimum Gasteiger partial charge on any atom is -0.495 e. The highest BCUT2D eigenvalue weighted by Crippen LogP contribution is 2.24. The second kappa shape index (κ2) is 11.5. The van der Waals surface area contributed by atoms with Crippen molar-refractivity contribution in [2.24, 2.45) is 0 Å². The van der Waals surface area contributed by atoms with E-state index in [9.17, 15) is 9.59 Å². The summed E-state index contributed by atoms with van der Waals surface area (Å²) in [6.07, 6.45) is 0. The van der Waals surface area contributed by atoms with Crippen LogP contribution in [0.3, 0.4) is 0 Å². The zero-order valence-corrected chi connectivity index (χ0v) is 20.2. The molecule has 0 bridgehead atoms. The van der Waals surface area contributed by atoms with E-state index in [4.69, 9.17) is 4.74 Å². The molecular formula is C28H32N4O3. The van der Waals surface area contributed by atoms with Crippen LogP contribution in [-0.2, 0) is 11.3 Å². The molecule has 1 heterocycles. The molecule has 0 aliphatic carbocycles. The Morgan fingerprint density at radius 2 is 1.54 bits per heavy atom. The highest BCUT2D eigenvalue weighted by molar-refractivity contribution is 6.05. The lowest BCUT2D eigenvalue weighted by Crippen LogP contribution is -2.51. The molecule has 1 aliphatic heterocycles. The van der Waals surface area contributed by atoms with Gasteiger partial charge in [-0.15, -0.1) is 0 Å². The van der Waals surface area contributed by atoms with Gasteiger partial charge in [0.15, 0.2) is 0 Å². The molecule has 0 aromatic heterocycles. The first-order chi connectivity index (χ1) is 17.0. The maximum Gasteiger partial charge on any atom is 0.255 e. The van der Waals surface area contributed by atoms with Gasteiger partial charge in [-0.1, -0.05) is 42.5 Å². The van der Waals surface area contributed by atoms with Crippen LogP contribution in [0.25, 0.3) is 0 Å². The molecule has 1 fully saturated rings. The number of carbonyl (C=O) groups excluding carboxylic acids is 2. The number of nitrogens with zero attached hydrogens (tertiary/aromatic N) is 2. The van der Waals surface area contributed by atoms with E-state index in [0.29, 0.717) is 17.0 Å². The average Bonchev–Trinajstić information content (AvgIpc) is 2.90. The van der Waals surface area contributed by atoms with Gasteiger partial charge in [0, 0.05) is 44.0 Å². The summed E-state index contributed by atoms with van der Waals surface area (Å²) in [4.78, 5) is 29.9. The molecule has 3 aromatic rings. The van der Waals surface area contributed by atoms with Crippen molar-refractivity contribution in [2.75, 3.05) is 43.9 Å². The van der Waals surface area contributed by atoms with Gasteiger partial charge in [-0.05, 0) is 48.9 Å². The molecule has 1 saturated heterocycles. The third-order valence-electron chi connectivity index (χ3n) is 6.19. The van der Waals surface area contributed by atoms with Gasteiger partial charge < -0.3 is 20.3 Å². The summed E-state index contributed by atoms with van der Waals surface area (Å²) in [7, 11) is 1.57. The van der Waals surface area contributed by atoms with Crippen molar-refractivity contribution in [3.8, 4) is 5.75 Å². The minimum absolute atomic E-state index is 0.0855. The lowest BCUT2D eigenvalue weighted by atomic mass is 10.1. The number of ether oxygens (including phenoxy) is 1. The summed E-state index contributed by atoms with van der Waals surface area (Å²) >= 11 is 0. The molecule has 1 aliphatic rings. The number of nitrogens with one attached hydrogen (secondary N) is 2. The highest BCUT2D eigenvalue weighted by atomic mass is 16.5. The molecule has 7 heteroatoms. The fraction of sp³-hybridized carbons (Fsp3) is 0.286. The van der Waals surface area contributed by atoms with Crippen molar-refractivity contribution >= 4 is 23.2 Å². The van der Waals surface area contributed by atoms with E-state index < -0.39 is 0 Å². The molecule has 4 rings (SSSR count). The first kappa shape index (κ1) is 24.3. The summed E-state index contributed by atoms with van der Waals surface area (Å²) < 4.78 is 5.29. The Labute approximate surface area is 206 Å². The van der Waals surface area contributed by atoms with Crippen molar-refractivity contribution < 1.29 is 14.3 Å². The summed E-state index contributed by atoms with van der Waals surface area (Å²) in [5.41, 5.74) is 3.23. The summed E-state index contributed by atoms with van der Waals surface area (Å²) in [6, 6.07) is 24.5. The van der Waals surface area contributed by atoms with Crippen LogP contribution in [-0.4, -0.2) is 60.9 Å². The van der Waals surface area contributed by atoms with Crippen molar-refractivity contribution in [3.05, 3.63) is 90.0 Å². The Morgan fingerprint density at radius 3 is 2.23 bits per heavy atom. The standard InChI is InChI=1S/C28H32N4O3/c1-21(28(34)32-18-16-31(17-19-32)20-22-8-4-3-5-9-22)29-24-14-12-23(13-15-24)27(33)30-25-10-6-7-11-26(25)35-2/h3-15,21,29H,16-20H2,1-2H3,(H,30,33)/t21-/m0/s1. The van der Waals surface area contributed by atoms with E-state index in [0.717, 1.165) is 38.4 Å². The quantitative estimate of drug-likeness (QED) is 0.517. The normalized spacial score (nSPS) is 14.7. The minimum atomic E-state index is -0.357. The van der Waals surface area contributed by atoms with E-state index in [-0.39, 0.29) is 17.9 Å². The van der Waals surface area contributed by atoms with Gasteiger partial charge in [0.1, 0.15) is 11.8 Å². The van der Waals surface area contributed by atoms with Gasteiger partial charge in [-0.2, -0.15) is 0 Å². The third kappa shape index (κ3) is 6.39. The van der Waals surface area contributed by atoms with Gasteiger partial charge >= 0.3 is 0 Å². The van der Waals surface area contributed by atoms with E-state index in [1.54, 1.807) is 31.4 Å². The first-order valence-electron chi connectivity index (χ1n) is 11.9. The van der Waals surface area contributed by atoms with Crippen LogP contribution in [0.5, 0.6) is 5.75 Å². The molecule has 0 unspecified atom stereocenters. The largest absolute Gasteiger partial charge is 0.495 e. The topological polar surface area (TPSA) is 73.9 Å². The second-order valence-electron chi connectivity index (χ2n) is 8.68. The van der Waals surface area contributed by atoms with Gasteiger partial charge in [0.25, 0.3) is 5.91 Å². The lowest BCUT2D eigenvalue weighted by Gasteiger charge is -2.36. The molecule has 7 nitrogen and oxygen atoms in total. The summed E-state index contributed by atoms with van der Waals surface area (Å²) in [5.74, 6) is 0.466. The fourth-order valence-electron chi connectivity index (χ4n) is 4.21. The predicted molar refractivity (Wildman–Crippen MR) is 139 cm³/mol. The van der Waals surface area contributed by atoms with Gasteiger partial charge in [-0.3, -0.25) is 14.5 Å². The number of hydrogen-bond acceptors (Lipinski definition) is 5. The fourth-order valence-corrected chi connectivity index (χ4v) is 4.21. The van der Waals surface area contributed by atoms with Crippen LogP contribution >= 0.6 is 0 Å². The van der Waals surface area contributed by atoms with Crippen LogP contribution < -0.4 is 15.4 Å². The Balaban J connectivity index is 1.27. The Morgan fingerprint density at radius 1 is 0.886 bits per heavy atom. The predicted octanol–water partition coefficient (Wildman–Crippen LogP) is 4.09. The van der Waals surface area contributed by atoms with E-state index in [1.807, 2.05) is 42.2 Å². The third-order valence-corrected chi connectivity index (χ3v) is 6.19. The van der Waals surface area contributed by atoms with Crippen molar-refractivity contribution in [1.82, 2.24) is 9.80 Å². The van der Waals surface area contributed by atoms with Crippen molar-refractivity contribution in [2.45, 2.75) is 19.5 Å². The number of hydrogen-bond donors (Lipinski definition) is 2. The molecule has 2 N–H and O–H groups in total. The van der Waals surface area contributed by atoms with Gasteiger partial charge in [0.2, 0.25) is 5.91 Å². The maximum absolute atomic E-state index is 13.0. The number of piperazine rings is 1. The number of anilines is 2. The number of amides is 2. The lowest BCUT2D eigenvalue weighted by molar-refractivity contribution is -0.133. The zero-order chi connectivity index (χ0) is 24.6. The Bertz CT molecular complexity index is 1130. The smallest absolute Gasteiger partial charge is 0.255 e. The van der Waals surface area contributed by atoms with Crippen molar-refractivity contribution in [1.29, 1.82) is 0 Å². The molecule has 182 valence electrons. The molecule has 0 spiro atoms. The first-order valence-corrected chi connectivity index (χ1v) is 11.9. The molecule has 3 aromatic carbocycles. The van der Waals surface area contributed by atoms with Crippen LogP contribution in [0, 0.1) is 0 Å². The number of para-hydroxylation sites is 2. The van der Waals surface area contributed by atoms with Crippen LogP contribution in [0.2, 0.25) is 0 Å². The summed E-state index contributed by atoms with van der Waals surface area (Å²) in [6.45, 7) is 5.96. The van der Waals surface area contributed by atoms with Crippen LogP contribution in [0.1, 0.15) is 22.8 Å². The zero-order valence-electron chi connectivity index (χ0n) is 20.2. The molecule has 0 radical (unpaired) electrons. The van der Waals surface area contributed by atoms with E-state index in [1.165, 1.54) is 5.56 Å². The summed E-state index contributed by atoms with van der Waals surface area (Å²) in [5, 5.41) is 6.14. The van der Waals surface area contributed by atoms with Crippen LogP contribution in [0.4, 0.5) is 11.4 Å². The Hall–Kier alpha value is -3.84. The number of carbonyl (C=O) groups is 2. The monoisotopic (exact) mass is 472 g/mol. The highest BCUT2D eigenvalue weighted by Gasteiger charge is 2.25. The molecular weight excluding hydrogens is 440 g/mol. The number of rotatable bonds is 8. The molecule has 2 amide bonds. The molecule has 1 atom stereocenters. The molecule has 0 saturated carbocycles. The SMILES string of the molecule is COc1ccccc1NC(=O)c1ccc(N[C@@H](C)C(=O)N2CCN(Cc3ccccc3)CC2)cc1. The van der Waals surface area contributed by atoms with Gasteiger partial charge in [-0.25, -0.2) is 0 Å². The number of methoxy groups -OCH3 is 1. The second-order valence-corrected chi connectivity index (χ2v) is 8.68. The Kier molecular flexibility index (Phi) is 8.00. The maximum atomic E-state index is 13.0. The number of benzene rings is 3. The van der Waals surface area contributed by atoms with Crippen LogP contribution in [0.15, 0.2) is 78.9 Å². The average molecular weight is 473 g/mol. The molecule has 35 heavy (non-hydrogen) atoms. The van der Waals surface area contributed by atoms with E-state index >= 15 is 0 Å². The van der Waals surface area contributed by atoms with Crippen molar-refractivity contribution in [3.63, 3.8) is 0 Å². The van der Waals surface area contributed by atoms with E-state index in [2.05, 4.69) is 39.8 Å². The van der Waals surface area contributed by atoms with Gasteiger partial charge in [0.05, 0.1) is 12.8 Å².